The zero-order chi connectivity index (χ0) is 11.5. The van der Waals surface area contributed by atoms with Gasteiger partial charge in [-0.1, -0.05) is 0 Å². The molecular formula is C10H16ClNO3. The second kappa shape index (κ2) is 4.84. The minimum absolute atomic E-state index is 0.261. The van der Waals surface area contributed by atoms with Crippen LogP contribution in [0, 0.1) is 5.92 Å². The maximum absolute atomic E-state index is 11.3. The number of carbonyl (C=O) groups excluding carboxylic acids is 2. The molecule has 1 aliphatic heterocycles. The molecule has 0 aromatic heterocycles. The smallest absolute Gasteiger partial charge is 0.407 e. The van der Waals surface area contributed by atoms with E-state index in [1.54, 1.807) is 0 Å². The quantitative estimate of drug-likeness (QED) is 0.706. The van der Waals surface area contributed by atoms with Crippen molar-refractivity contribution < 1.29 is 14.3 Å². The topological polar surface area (TPSA) is 55.4 Å². The van der Waals surface area contributed by atoms with Gasteiger partial charge in [0.25, 0.3) is 0 Å². The second-order valence-electron chi connectivity index (χ2n) is 4.42. The predicted molar refractivity (Wildman–Crippen MR) is 56.8 cm³/mol. The van der Waals surface area contributed by atoms with E-state index in [0.29, 0.717) is 6.42 Å². The van der Waals surface area contributed by atoms with Gasteiger partial charge in [-0.05, 0) is 44.7 Å². The molecule has 1 N–H and O–H groups in total. The minimum Gasteiger partial charge on any atom is -0.444 e. The summed E-state index contributed by atoms with van der Waals surface area (Å²) in [7, 11) is 0. The van der Waals surface area contributed by atoms with E-state index in [9.17, 15) is 9.59 Å². The van der Waals surface area contributed by atoms with Crippen LogP contribution in [0.15, 0.2) is 0 Å². The number of halogens is 1. The van der Waals surface area contributed by atoms with E-state index in [4.69, 9.17) is 16.3 Å². The summed E-state index contributed by atoms with van der Waals surface area (Å²) in [5, 5.41) is 2.15. The summed E-state index contributed by atoms with van der Waals surface area (Å²) in [6.45, 7) is 3.97. The van der Waals surface area contributed by atoms with Crippen LogP contribution in [0.25, 0.3) is 0 Å². The predicted octanol–water partition coefficient (Wildman–Crippen LogP) is 2.06. The number of amides is 1. The fraction of sp³-hybridized carbons (Fsp3) is 0.800. The van der Waals surface area contributed by atoms with E-state index in [1.165, 1.54) is 0 Å². The van der Waals surface area contributed by atoms with Crippen LogP contribution in [0.5, 0.6) is 0 Å². The molecule has 0 aromatic carbocycles. The standard InChI is InChI=1S/C10H16ClNO3/c1-10(2)5-3-4-7(8(11)13)6-12-9(14)15-10/h7H,3-6H2,1-2H3,(H,12,14). The molecule has 1 fully saturated rings. The van der Waals surface area contributed by atoms with Crippen molar-refractivity contribution in [2.75, 3.05) is 6.54 Å². The first kappa shape index (κ1) is 12.3. The summed E-state index contributed by atoms with van der Waals surface area (Å²) < 4.78 is 5.18. The number of carbonyl (C=O) groups is 2. The molecule has 1 rings (SSSR count). The van der Waals surface area contributed by atoms with Gasteiger partial charge in [-0.3, -0.25) is 4.79 Å². The van der Waals surface area contributed by atoms with Crippen molar-refractivity contribution in [3.05, 3.63) is 0 Å². The van der Waals surface area contributed by atoms with Gasteiger partial charge in [0.2, 0.25) is 5.24 Å². The highest BCUT2D eigenvalue weighted by atomic mass is 35.5. The van der Waals surface area contributed by atoms with Crippen LogP contribution < -0.4 is 5.32 Å². The summed E-state index contributed by atoms with van der Waals surface area (Å²) in [5.41, 5.74) is -0.478. The Balaban J connectivity index is 2.64. The lowest BCUT2D eigenvalue weighted by atomic mass is 9.97. The molecule has 0 bridgehead atoms. The van der Waals surface area contributed by atoms with Crippen LogP contribution >= 0.6 is 11.6 Å². The lowest BCUT2D eigenvalue weighted by molar-refractivity contribution is -0.115. The van der Waals surface area contributed by atoms with E-state index in [-0.39, 0.29) is 12.5 Å². The van der Waals surface area contributed by atoms with Gasteiger partial charge in [0.05, 0.1) is 5.92 Å². The zero-order valence-corrected chi connectivity index (χ0v) is 9.76. The molecule has 0 saturated carbocycles. The first-order chi connectivity index (χ1) is 6.91. The van der Waals surface area contributed by atoms with Crippen LogP contribution in [0.2, 0.25) is 0 Å². The molecule has 1 unspecified atom stereocenters. The number of rotatable bonds is 1. The van der Waals surface area contributed by atoms with E-state index in [1.807, 2.05) is 13.8 Å². The van der Waals surface area contributed by atoms with Crippen LogP contribution in [-0.4, -0.2) is 23.5 Å². The van der Waals surface area contributed by atoms with E-state index >= 15 is 0 Å². The van der Waals surface area contributed by atoms with Crippen molar-refractivity contribution in [2.45, 2.75) is 38.7 Å². The lowest BCUT2D eigenvalue weighted by Gasteiger charge is -2.23. The van der Waals surface area contributed by atoms with Gasteiger partial charge in [0.15, 0.2) is 0 Å². The fourth-order valence-electron chi connectivity index (χ4n) is 1.61. The van der Waals surface area contributed by atoms with Crippen molar-refractivity contribution in [3.63, 3.8) is 0 Å². The molecule has 15 heavy (non-hydrogen) atoms. The first-order valence-corrected chi connectivity index (χ1v) is 5.45. The van der Waals surface area contributed by atoms with Crippen LogP contribution in [-0.2, 0) is 9.53 Å². The van der Waals surface area contributed by atoms with Crippen molar-refractivity contribution >= 4 is 22.9 Å². The molecule has 1 atom stereocenters. The maximum Gasteiger partial charge on any atom is 0.407 e. The molecule has 0 aromatic rings. The fourth-order valence-corrected chi connectivity index (χ4v) is 1.80. The monoisotopic (exact) mass is 233 g/mol. The summed E-state index contributed by atoms with van der Waals surface area (Å²) in [5.74, 6) is -0.298. The Bertz CT molecular complexity index is 265. The molecule has 1 aliphatic rings. The Labute approximate surface area is 94.3 Å². The lowest BCUT2D eigenvalue weighted by Crippen LogP contribution is -2.35. The average Bonchev–Trinajstić information content (AvgIpc) is 2.13. The molecule has 0 spiro atoms. The summed E-state index contributed by atoms with van der Waals surface area (Å²) in [6.07, 6.45) is 1.77. The third-order valence-corrected chi connectivity index (χ3v) is 2.82. The maximum atomic E-state index is 11.3. The molecule has 1 heterocycles. The highest BCUT2D eigenvalue weighted by Crippen LogP contribution is 2.22. The average molecular weight is 234 g/mol. The molecular weight excluding hydrogens is 218 g/mol. The van der Waals surface area contributed by atoms with Crippen molar-refractivity contribution in [1.82, 2.24) is 5.32 Å². The van der Waals surface area contributed by atoms with Crippen LogP contribution in [0.3, 0.4) is 0 Å². The van der Waals surface area contributed by atoms with Gasteiger partial charge in [-0.15, -0.1) is 0 Å². The number of ether oxygens (including phenoxy) is 1. The Kier molecular flexibility index (Phi) is 3.97. The normalized spacial score (nSPS) is 26.6. The number of hydrogen-bond donors (Lipinski definition) is 1. The number of alkyl carbamates (subject to hydrolysis) is 1. The summed E-state index contributed by atoms with van der Waals surface area (Å²) >= 11 is 5.42. The van der Waals surface area contributed by atoms with Crippen molar-refractivity contribution in [2.24, 2.45) is 5.92 Å². The van der Waals surface area contributed by atoms with E-state index < -0.39 is 16.9 Å². The molecule has 1 saturated heterocycles. The highest BCUT2D eigenvalue weighted by molar-refractivity contribution is 6.64. The molecule has 1 amide bonds. The van der Waals surface area contributed by atoms with Gasteiger partial charge in [0.1, 0.15) is 5.60 Å². The van der Waals surface area contributed by atoms with Crippen molar-refractivity contribution in [3.8, 4) is 0 Å². The minimum atomic E-state index is -0.482. The van der Waals surface area contributed by atoms with Crippen molar-refractivity contribution in [1.29, 1.82) is 0 Å². The summed E-state index contributed by atoms with van der Waals surface area (Å²) in [4.78, 5) is 22.3. The highest BCUT2D eigenvalue weighted by Gasteiger charge is 2.27. The van der Waals surface area contributed by atoms with E-state index in [0.717, 1.165) is 12.8 Å². The SMILES string of the molecule is CC1(C)CCCC(C(=O)Cl)CNC(=O)O1. The van der Waals surface area contributed by atoms with Gasteiger partial charge in [-0.25, -0.2) is 4.79 Å². The van der Waals surface area contributed by atoms with Gasteiger partial charge >= 0.3 is 6.09 Å². The van der Waals surface area contributed by atoms with Crippen LogP contribution in [0.4, 0.5) is 4.79 Å². The second-order valence-corrected chi connectivity index (χ2v) is 4.80. The Morgan fingerprint density at radius 1 is 1.60 bits per heavy atom. The Morgan fingerprint density at radius 2 is 2.27 bits per heavy atom. The zero-order valence-electron chi connectivity index (χ0n) is 9.01. The van der Waals surface area contributed by atoms with Crippen LogP contribution in [0.1, 0.15) is 33.1 Å². The number of cyclic esters (lactones) is 1. The molecule has 0 aliphatic carbocycles. The molecule has 86 valence electrons. The third kappa shape index (κ3) is 4.08. The van der Waals surface area contributed by atoms with Gasteiger partial charge in [-0.2, -0.15) is 0 Å². The van der Waals surface area contributed by atoms with E-state index in [2.05, 4.69) is 5.32 Å². The number of nitrogens with one attached hydrogen (secondary N) is 1. The number of hydrogen-bond acceptors (Lipinski definition) is 3. The Morgan fingerprint density at radius 3 is 2.87 bits per heavy atom. The largest absolute Gasteiger partial charge is 0.444 e. The third-order valence-electron chi connectivity index (χ3n) is 2.51. The molecule has 4 nitrogen and oxygen atoms in total. The van der Waals surface area contributed by atoms with Gasteiger partial charge < -0.3 is 10.1 Å². The first-order valence-electron chi connectivity index (χ1n) is 5.07. The molecule has 0 radical (unpaired) electrons. The van der Waals surface area contributed by atoms with Gasteiger partial charge in [0, 0.05) is 6.54 Å². The molecule has 5 heteroatoms. The Hall–Kier alpha value is -0.770. The summed E-state index contributed by atoms with van der Waals surface area (Å²) in [6, 6.07) is 0.